The van der Waals surface area contributed by atoms with Gasteiger partial charge in [-0.1, -0.05) is 13.8 Å². The molecule has 0 saturated heterocycles. The topological polar surface area (TPSA) is 42.8 Å². The maximum atomic E-state index is 11.9. The highest BCUT2D eigenvalue weighted by atomic mass is 32.1. The second-order valence-electron chi connectivity index (χ2n) is 4.37. The van der Waals surface area contributed by atoms with Crippen molar-refractivity contribution in [3.63, 3.8) is 0 Å². The molecule has 104 valence electrons. The van der Waals surface area contributed by atoms with E-state index in [1.54, 1.807) is 4.57 Å². The van der Waals surface area contributed by atoms with Crippen LogP contribution < -0.4 is 0 Å². The highest BCUT2D eigenvalue weighted by molar-refractivity contribution is 7.71. The van der Waals surface area contributed by atoms with Crippen LogP contribution >= 0.6 is 12.2 Å². The Balaban J connectivity index is 2.50. The molecule has 0 fully saturated rings. The van der Waals surface area contributed by atoms with Gasteiger partial charge in [-0.25, -0.2) is 0 Å². The highest BCUT2D eigenvalue weighted by Gasteiger charge is 2.27. The fourth-order valence-corrected chi connectivity index (χ4v) is 1.67. The van der Waals surface area contributed by atoms with Crippen LogP contribution in [-0.2, 0) is 17.7 Å². The number of hydrogen-bond acceptors (Lipinski definition) is 3. The van der Waals surface area contributed by atoms with Crippen molar-refractivity contribution >= 4 is 12.2 Å². The first kappa shape index (κ1) is 15.2. The van der Waals surface area contributed by atoms with Crippen molar-refractivity contribution in [3.05, 3.63) is 10.6 Å². The molecule has 1 rings (SSSR count). The number of rotatable bonds is 6. The normalized spacial score (nSPS) is 12.3. The Hall–Kier alpha value is -0.890. The van der Waals surface area contributed by atoms with E-state index in [4.69, 9.17) is 12.2 Å². The monoisotopic (exact) mass is 283 g/mol. The van der Waals surface area contributed by atoms with Gasteiger partial charge >= 0.3 is 6.18 Å². The molecule has 1 aromatic rings. The van der Waals surface area contributed by atoms with Crippen LogP contribution in [-0.4, -0.2) is 34.2 Å². The van der Waals surface area contributed by atoms with Crippen LogP contribution in [0.3, 0.4) is 0 Å². The van der Waals surface area contributed by atoms with Crippen molar-refractivity contribution in [3.8, 4) is 0 Å². The molecule has 4 nitrogen and oxygen atoms in total. The van der Waals surface area contributed by atoms with E-state index < -0.39 is 12.8 Å². The van der Waals surface area contributed by atoms with Gasteiger partial charge in [0.15, 0.2) is 4.77 Å². The summed E-state index contributed by atoms with van der Waals surface area (Å²) in [4.78, 5) is 0. The van der Waals surface area contributed by atoms with Crippen LogP contribution in [0.15, 0.2) is 0 Å². The minimum absolute atomic E-state index is 0.0305. The van der Waals surface area contributed by atoms with Crippen molar-refractivity contribution in [1.29, 1.82) is 0 Å². The summed E-state index contributed by atoms with van der Waals surface area (Å²) in [5.74, 6) is 1.00. The van der Waals surface area contributed by atoms with Gasteiger partial charge in [-0.05, 0) is 18.1 Å². The summed E-state index contributed by atoms with van der Waals surface area (Å²) in [7, 11) is 0. The van der Waals surface area contributed by atoms with Gasteiger partial charge in [0, 0.05) is 13.0 Å². The lowest BCUT2D eigenvalue weighted by atomic mass is 10.2. The number of ether oxygens (including phenoxy) is 1. The average Bonchev–Trinajstić information content (AvgIpc) is 2.54. The number of alkyl halides is 3. The van der Waals surface area contributed by atoms with Gasteiger partial charge < -0.3 is 9.30 Å². The SMILES string of the molecule is CC(C)Cn1c(CCOCC(F)(F)F)n[nH]c1=S. The number of hydrogen-bond donors (Lipinski definition) is 1. The Morgan fingerprint density at radius 1 is 1.44 bits per heavy atom. The fraction of sp³-hybridized carbons (Fsp3) is 0.800. The molecule has 18 heavy (non-hydrogen) atoms. The minimum atomic E-state index is -4.29. The molecule has 0 aliphatic rings. The van der Waals surface area contributed by atoms with Crippen LogP contribution in [0.2, 0.25) is 0 Å². The highest BCUT2D eigenvalue weighted by Crippen LogP contribution is 2.14. The predicted octanol–water partition coefficient (Wildman–Crippen LogP) is 2.72. The lowest BCUT2D eigenvalue weighted by molar-refractivity contribution is -0.173. The van der Waals surface area contributed by atoms with Gasteiger partial charge in [-0.2, -0.15) is 18.3 Å². The summed E-state index contributed by atoms with van der Waals surface area (Å²) in [6.45, 7) is 3.47. The van der Waals surface area contributed by atoms with Gasteiger partial charge in [0.2, 0.25) is 0 Å². The zero-order chi connectivity index (χ0) is 13.8. The molecule has 0 aliphatic heterocycles. The largest absolute Gasteiger partial charge is 0.411 e. The number of aromatic amines is 1. The number of aromatic nitrogens is 3. The minimum Gasteiger partial charge on any atom is -0.372 e. The Labute approximate surface area is 108 Å². The standard InChI is InChI=1S/C10H16F3N3OS/c1-7(2)5-16-8(14-15-9(16)18)3-4-17-6-10(11,12)13/h7H,3-6H2,1-2H3,(H,15,18). The quantitative estimate of drug-likeness (QED) is 0.645. The zero-order valence-corrected chi connectivity index (χ0v) is 11.1. The molecule has 0 aliphatic carbocycles. The first-order valence-electron chi connectivity index (χ1n) is 5.58. The maximum Gasteiger partial charge on any atom is 0.411 e. The van der Waals surface area contributed by atoms with Gasteiger partial charge in [-0.15, -0.1) is 0 Å². The molecule has 0 aromatic carbocycles. The molecule has 1 N–H and O–H groups in total. The lowest BCUT2D eigenvalue weighted by Gasteiger charge is -2.10. The summed E-state index contributed by atoms with van der Waals surface area (Å²) in [5, 5.41) is 6.63. The van der Waals surface area contributed by atoms with E-state index in [1.807, 2.05) is 13.8 Å². The number of nitrogens with zero attached hydrogens (tertiary/aromatic N) is 2. The van der Waals surface area contributed by atoms with E-state index in [0.717, 1.165) is 0 Å². The van der Waals surface area contributed by atoms with E-state index in [-0.39, 0.29) is 6.61 Å². The van der Waals surface area contributed by atoms with Crippen molar-refractivity contribution in [2.45, 2.75) is 33.0 Å². The fourth-order valence-electron chi connectivity index (χ4n) is 1.45. The van der Waals surface area contributed by atoms with Crippen molar-refractivity contribution in [2.24, 2.45) is 5.92 Å². The number of H-pyrrole nitrogens is 1. The second kappa shape index (κ2) is 6.33. The molecule has 0 spiro atoms. The first-order valence-corrected chi connectivity index (χ1v) is 5.99. The van der Waals surface area contributed by atoms with Gasteiger partial charge in [0.25, 0.3) is 0 Å². The lowest BCUT2D eigenvalue weighted by Crippen LogP contribution is -2.19. The van der Waals surface area contributed by atoms with Crippen LogP contribution in [0.4, 0.5) is 13.2 Å². The molecule has 1 aromatic heterocycles. The smallest absolute Gasteiger partial charge is 0.372 e. The third-order valence-electron chi connectivity index (χ3n) is 2.12. The summed E-state index contributed by atoms with van der Waals surface area (Å²) >= 11 is 5.05. The van der Waals surface area contributed by atoms with Crippen molar-refractivity contribution in [1.82, 2.24) is 14.8 Å². The van der Waals surface area contributed by atoms with Crippen molar-refractivity contribution < 1.29 is 17.9 Å². The second-order valence-corrected chi connectivity index (χ2v) is 4.75. The van der Waals surface area contributed by atoms with E-state index in [1.165, 1.54) is 0 Å². The van der Waals surface area contributed by atoms with E-state index >= 15 is 0 Å². The molecule has 0 saturated carbocycles. The van der Waals surface area contributed by atoms with Crippen LogP contribution in [0.5, 0.6) is 0 Å². The van der Waals surface area contributed by atoms with Gasteiger partial charge in [0.1, 0.15) is 12.4 Å². The molecule has 0 radical (unpaired) electrons. The van der Waals surface area contributed by atoms with E-state index in [9.17, 15) is 13.2 Å². The molecular weight excluding hydrogens is 267 g/mol. The van der Waals surface area contributed by atoms with Crippen LogP contribution in [0, 0.1) is 10.7 Å². The first-order chi connectivity index (χ1) is 8.29. The molecule has 1 heterocycles. The molecule has 0 amide bonds. The Morgan fingerprint density at radius 3 is 2.67 bits per heavy atom. The molecular formula is C10H16F3N3OS. The summed E-state index contributed by atoms with van der Waals surface area (Å²) in [6, 6.07) is 0. The average molecular weight is 283 g/mol. The molecule has 0 bridgehead atoms. The Bertz CT molecular complexity index is 425. The van der Waals surface area contributed by atoms with Crippen LogP contribution in [0.25, 0.3) is 0 Å². The third-order valence-corrected chi connectivity index (χ3v) is 2.43. The third kappa shape index (κ3) is 5.18. The van der Waals surface area contributed by atoms with E-state index in [0.29, 0.717) is 29.5 Å². The van der Waals surface area contributed by atoms with E-state index in [2.05, 4.69) is 14.9 Å². The number of nitrogens with one attached hydrogen (secondary N) is 1. The zero-order valence-electron chi connectivity index (χ0n) is 10.3. The summed E-state index contributed by atoms with van der Waals surface area (Å²) < 4.78 is 42.4. The predicted molar refractivity (Wildman–Crippen MR) is 62.8 cm³/mol. The maximum absolute atomic E-state index is 11.9. The molecule has 0 atom stereocenters. The van der Waals surface area contributed by atoms with Crippen molar-refractivity contribution in [2.75, 3.05) is 13.2 Å². The number of halogens is 3. The van der Waals surface area contributed by atoms with Crippen LogP contribution in [0.1, 0.15) is 19.7 Å². The Morgan fingerprint density at radius 2 is 2.11 bits per heavy atom. The van der Waals surface area contributed by atoms with Gasteiger partial charge in [0.05, 0.1) is 6.61 Å². The summed E-state index contributed by atoms with van der Waals surface area (Å²) in [5.41, 5.74) is 0. The Kier molecular flexibility index (Phi) is 5.33. The van der Waals surface area contributed by atoms with Gasteiger partial charge in [-0.3, -0.25) is 5.10 Å². The molecule has 0 unspecified atom stereocenters. The molecule has 8 heteroatoms. The summed E-state index contributed by atoms with van der Waals surface area (Å²) in [6.07, 6.45) is -3.99.